The molecular weight excluding hydrogens is 286 g/mol. The summed E-state index contributed by atoms with van der Waals surface area (Å²) in [6, 6.07) is 5.55. The van der Waals surface area contributed by atoms with Gasteiger partial charge in [0, 0.05) is 18.8 Å². The summed E-state index contributed by atoms with van der Waals surface area (Å²) >= 11 is 1.57. The van der Waals surface area contributed by atoms with Crippen LogP contribution in [0.3, 0.4) is 0 Å². The van der Waals surface area contributed by atoms with Crippen LogP contribution in [0.2, 0.25) is 0 Å². The minimum atomic E-state index is -0.887. The van der Waals surface area contributed by atoms with Crippen molar-refractivity contribution < 1.29 is 9.90 Å². The summed E-state index contributed by atoms with van der Waals surface area (Å²) in [4.78, 5) is 22.2. The highest BCUT2D eigenvalue weighted by molar-refractivity contribution is 7.20. The minimum Gasteiger partial charge on any atom is -0.480 e. The van der Waals surface area contributed by atoms with Crippen LogP contribution in [-0.4, -0.2) is 40.9 Å². The van der Waals surface area contributed by atoms with Crippen molar-refractivity contribution in [3.05, 3.63) is 23.2 Å². The van der Waals surface area contributed by atoms with Gasteiger partial charge < -0.3 is 10.0 Å². The number of aromatic nitrogens is 1. The predicted molar refractivity (Wildman–Crippen MR) is 85.8 cm³/mol. The van der Waals surface area contributed by atoms with E-state index in [1.807, 2.05) is 19.9 Å². The molecule has 1 aliphatic heterocycles. The van der Waals surface area contributed by atoms with Gasteiger partial charge in [0.1, 0.15) is 11.0 Å². The van der Waals surface area contributed by atoms with Gasteiger partial charge in [0.2, 0.25) is 0 Å². The van der Waals surface area contributed by atoms with Crippen molar-refractivity contribution in [1.82, 2.24) is 4.98 Å². The Hall–Kier alpha value is -1.95. The number of rotatable bonds is 5. The number of anilines is 1. The van der Waals surface area contributed by atoms with E-state index in [9.17, 15) is 4.79 Å². The van der Waals surface area contributed by atoms with E-state index in [2.05, 4.69) is 27.0 Å². The van der Waals surface area contributed by atoms with Crippen LogP contribution in [-0.2, 0) is 4.79 Å². The number of thiazole rings is 1. The van der Waals surface area contributed by atoms with Crippen molar-refractivity contribution >= 4 is 38.9 Å². The molecule has 2 heterocycles. The molecule has 0 saturated carbocycles. The molecule has 1 N–H and O–H groups in total. The number of nitrogens with zero attached hydrogens (tertiary/aromatic N) is 3. The van der Waals surface area contributed by atoms with E-state index < -0.39 is 12.0 Å². The molecule has 6 heteroatoms. The third kappa shape index (κ3) is 2.90. The first-order chi connectivity index (χ1) is 10.1. The molecule has 21 heavy (non-hydrogen) atoms. The number of hydrogen-bond acceptors (Lipinski definition) is 5. The normalized spacial score (nSPS) is 16.3. The summed E-state index contributed by atoms with van der Waals surface area (Å²) in [5, 5.41) is 9.88. The lowest BCUT2D eigenvalue weighted by molar-refractivity contribution is -0.138. The fraction of sp³-hybridized carbons (Fsp3) is 0.400. The van der Waals surface area contributed by atoms with E-state index in [4.69, 9.17) is 5.11 Å². The van der Waals surface area contributed by atoms with Crippen LogP contribution in [0.4, 0.5) is 5.69 Å². The van der Waals surface area contributed by atoms with Crippen LogP contribution in [0.25, 0.3) is 10.2 Å². The van der Waals surface area contributed by atoms with Crippen molar-refractivity contribution in [1.29, 1.82) is 0 Å². The highest BCUT2D eigenvalue weighted by atomic mass is 32.1. The summed E-state index contributed by atoms with van der Waals surface area (Å²) in [7, 11) is 0. The van der Waals surface area contributed by atoms with Crippen LogP contribution in [0.5, 0.6) is 0 Å². The molecule has 0 unspecified atom stereocenters. The number of benzene rings is 1. The van der Waals surface area contributed by atoms with E-state index in [1.165, 1.54) is 5.69 Å². The Morgan fingerprint density at radius 3 is 2.90 bits per heavy atom. The SMILES string of the molecule is CC[C@@H](/N=C(\C)c1nc2ccc(N3CC3)cc2s1)C(=O)O. The molecule has 1 saturated heterocycles. The molecule has 1 aromatic heterocycles. The van der Waals surface area contributed by atoms with Gasteiger partial charge in [-0.3, -0.25) is 4.99 Å². The van der Waals surface area contributed by atoms with Crippen molar-refractivity contribution in [2.75, 3.05) is 18.0 Å². The molecule has 2 aromatic rings. The van der Waals surface area contributed by atoms with Crippen molar-refractivity contribution in [3.8, 4) is 0 Å². The van der Waals surface area contributed by atoms with Gasteiger partial charge >= 0.3 is 5.97 Å². The second-order valence-corrected chi connectivity index (χ2v) is 6.17. The highest BCUT2D eigenvalue weighted by Gasteiger charge is 2.19. The molecule has 110 valence electrons. The molecule has 0 aliphatic carbocycles. The number of hydrogen-bond donors (Lipinski definition) is 1. The van der Waals surface area contributed by atoms with E-state index in [-0.39, 0.29) is 0 Å². The summed E-state index contributed by atoms with van der Waals surface area (Å²) in [6.45, 7) is 5.89. The topological polar surface area (TPSA) is 65.6 Å². The number of carboxylic acid groups (broad SMARTS) is 1. The van der Waals surface area contributed by atoms with E-state index in [0.29, 0.717) is 12.1 Å². The largest absolute Gasteiger partial charge is 0.480 e. The zero-order chi connectivity index (χ0) is 15.0. The Bertz CT molecular complexity index is 719. The Labute approximate surface area is 126 Å². The zero-order valence-electron chi connectivity index (χ0n) is 12.0. The maximum absolute atomic E-state index is 11.1. The minimum absolute atomic E-state index is 0.483. The van der Waals surface area contributed by atoms with Crippen LogP contribution in [0.15, 0.2) is 23.2 Å². The van der Waals surface area contributed by atoms with Crippen LogP contribution in [0.1, 0.15) is 25.3 Å². The number of carboxylic acids is 1. The molecule has 0 radical (unpaired) electrons. The molecular formula is C15H17N3O2S. The summed E-state index contributed by atoms with van der Waals surface area (Å²) in [5.41, 5.74) is 2.86. The predicted octanol–water partition coefficient (Wildman–Crippen LogP) is 2.79. The van der Waals surface area contributed by atoms with Gasteiger partial charge in [0.15, 0.2) is 0 Å². The third-order valence-electron chi connectivity index (χ3n) is 3.52. The van der Waals surface area contributed by atoms with E-state index in [0.717, 1.165) is 28.3 Å². The first-order valence-corrected chi connectivity index (χ1v) is 7.83. The molecule has 1 aromatic carbocycles. The Balaban J connectivity index is 1.92. The van der Waals surface area contributed by atoms with Crippen molar-refractivity contribution in [2.24, 2.45) is 4.99 Å². The van der Waals surface area contributed by atoms with Crippen LogP contribution < -0.4 is 4.90 Å². The number of carbonyl (C=O) groups is 1. The average Bonchev–Trinajstić information content (AvgIpc) is 3.22. The van der Waals surface area contributed by atoms with Crippen LogP contribution in [0, 0.1) is 0 Å². The van der Waals surface area contributed by atoms with Gasteiger partial charge in [0.05, 0.1) is 15.9 Å². The average molecular weight is 303 g/mol. The van der Waals surface area contributed by atoms with Crippen LogP contribution >= 0.6 is 11.3 Å². The van der Waals surface area contributed by atoms with Gasteiger partial charge in [-0.25, -0.2) is 9.78 Å². The fourth-order valence-electron chi connectivity index (χ4n) is 2.18. The lowest BCUT2D eigenvalue weighted by Crippen LogP contribution is -2.18. The number of fused-ring (bicyclic) bond motifs is 1. The summed E-state index contributed by atoms with van der Waals surface area (Å²) in [5.74, 6) is -0.887. The van der Waals surface area contributed by atoms with Gasteiger partial charge in [-0.1, -0.05) is 6.92 Å². The quantitative estimate of drug-likeness (QED) is 0.681. The van der Waals surface area contributed by atoms with E-state index in [1.54, 1.807) is 11.3 Å². The maximum atomic E-state index is 11.1. The second-order valence-electron chi connectivity index (χ2n) is 5.13. The van der Waals surface area contributed by atoms with Crippen molar-refractivity contribution in [2.45, 2.75) is 26.3 Å². The lowest BCUT2D eigenvalue weighted by atomic mass is 10.2. The standard InChI is InChI=1S/C15H17N3O2S/c1-3-11(15(19)20)16-9(2)14-17-12-5-4-10(18-6-7-18)8-13(12)21-14/h4-5,8,11H,3,6-7H2,1-2H3,(H,19,20)/b16-9+/t11-/m1/s1. The second kappa shape index (κ2) is 5.44. The maximum Gasteiger partial charge on any atom is 0.328 e. The highest BCUT2D eigenvalue weighted by Crippen LogP contribution is 2.29. The van der Waals surface area contributed by atoms with Gasteiger partial charge in [-0.15, -0.1) is 11.3 Å². The first-order valence-electron chi connectivity index (χ1n) is 7.01. The van der Waals surface area contributed by atoms with Gasteiger partial charge in [-0.05, 0) is 31.5 Å². The summed E-state index contributed by atoms with van der Waals surface area (Å²) in [6.07, 6.45) is 0.483. The molecule has 0 amide bonds. The molecule has 3 rings (SSSR count). The molecule has 1 atom stereocenters. The lowest BCUT2D eigenvalue weighted by Gasteiger charge is -2.04. The Morgan fingerprint density at radius 1 is 1.52 bits per heavy atom. The molecule has 0 bridgehead atoms. The van der Waals surface area contributed by atoms with Gasteiger partial charge in [0.25, 0.3) is 0 Å². The molecule has 0 spiro atoms. The fourth-order valence-corrected chi connectivity index (χ4v) is 3.13. The molecule has 5 nitrogen and oxygen atoms in total. The van der Waals surface area contributed by atoms with Gasteiger partial charge in [-0.2, -0.15) is 0 Å². The Morgan fingerprint density at radius 2 is 2.29 bits per heavy atom. The smallest absolute Gasteiger partial charge is 0.328 e. The molecule has 1 aliphatic rings. The zero-order valence-corrected chi connectivity index (χ0v) is 12.9. The first kappa shape index (κ1) is 14.0. The molecule has 1 fully saturated rings. The third-order valence-corrected chi connectivity index (χ3v) is 4.64. The number of aliphatic imine (C=N–C) groups is 1. The van der Waals surface area contributed by atoms with E-state index >= 15 is 0 Å². The number of aliphatic carboxylic acids is 1. The Kier molecular flexibility index (Phi) is 3.63. The van der Waals surface area contributed by atoms with Crippen molar-refractivity contribution in [3.63, 3.8) is 0 Å². The summed E-state index contributed by atoms with van der Waals surface area (Å²) < 4.78 is 1.12. The monoisotopic (exact) mass is 303 g/mol.